The maximum absolute atomic E-state index is 14.1. The van der Waals surface area contributed by atoms with E-state index >= 15 is 0 Å². The summed E-state index contributed by atoms with van der Waals surface area (Å²) in [6, 6.07) is 16.8. The number of aromatic nitrogens is 1. The van der Waals surface area contributed by atoms with Gasteiger partial charge >= 0.3 is 0 Å². The van der Waals surface area contributed by atoms with Gasteiger partial charge < -0.3 is 9.58 Å². The molecular formula is C29H25Cl2N3O2. The van der Waals surface area contributed by atoms with E-state index in [9.17, 15) is 4.79 Å². The largest absolute Gasteiger partial charge is 0.346 e. The molecule has 36 heavy (non-hydrogen) atoms. The van der Waals surface area contributed by atoms with Crippen molar-refractivity contribution in [3.8, 4) is 0 Å². The number of amides is 1. The summed E-state index contributed by atoms with van der Waals surface area (Å²) in [7, 11) is 0. The van der Waals surface area contributed by atoms with Crippen molar-refractivity contribution in [2.75, 3.05) is 13.2 Å². The average molecular weight is 518 g/mol. The highest BCUT2D eigenvalue weighted by Gasteiger charge is 2.55. The van der Waals surface area contributed by atoms with Crippen molar-refractivity contribution in [2.45, 2.75) is 32.0 Å². The number of benzene rings is 2. The van der Waals surface area contributed by atoms with Crippen LogP contribution in [0.25, 0.3) is 10.4 Å². The molecule has 0 radical (unpaired) electrons. The third-order valence-electron chi connectivity index (χ3n) is 7.04. The zero-order valence-corrected chi connectivity index (χ0v) is 21.4. The maximum Gasteiger partial charge on any atom is 0.257 e. The lowest BCUT2D eigenvalue weighted by Gasteiger charge is -2.40. The number of halogens is 2. The first kappa shape index (κ1) is 24.5. The van der Waals surface area contributed by atoms with Crippen LogP contribution in [0.2, 0.25) is 10.0 Å². The van der Waals surface area contributed by atoms with Crippen LogP contribution in [0.15, 0.2) is 67.4 Å². The molecule has 1 amide bonds. The van der Waals surface area contributed by atoms with E-state index in [1.165, 1.54) is 0 Å². The quantitative estimate of drug-likeness (QED) is 0.302. The van der Waals surface area contributed by atoms with Crippen LogP contribution in [0, 0.1) is 12.0 Å². The fourth-order valence-electron chi connectivity index (χ4n) is 4.74. The molecule has 1 aliphatic carbocycles. The molecule has 7 heteroatoms. The van der Waals surface area contributed by atoms with Crippen molar-refractivity contribution in [3.63, 3.8) is 0 Å². The van der Waals surface area contributed by atoms with E-state index in [0.717, 1.165) is 35.1 Å². The molecule has 2 aliphatic rings. The molecule has 1 atom stereocenters. The Labute approximate surface area is 221 Å². The number of hydrogen-bond acceptors (Lipinski definition) is 3. The summed E-state index contributed by atoms with van der Waals surface area (Å²) in [4.78, 5) is 23.9. The number of rotatable bonds is 8. The molecule has 5 nitrogen and oxygen atoms in total. The summed E-state index contributed by atoms with van der Waals surface area (Å²) in [5.74, 6) is -0.158. The van der Waals surface area contributed by atoms with Gasteiger partial charge in [-0.2, -0.15) is 0 Å². The molecule has 1 saturated carbocycles. The molecule has 1 fully saturated rings. The number of carbonyl (C=O) groups excluding carboxylic acids is 1. The zero-order chi connectivity index (χ0) is 25.5. The monoisotopic (exact) mass is 517 g/mol. The van der Waals surface area contributed by atoms with Crippen LogP contribution in [0.5, 0.6) is 0 Å². The second-order valence-electron chi connectivity index (χ2n) is 9.66. The Balaban J connectivity index is 1.69. The smallest absolute Gasteiger partial charge is 0.257 e. The van der Waals surface area contributed by atoms with Gasteiger partial charge in [0.25, 0.3) is 5.91 Å². The highest BCUT2D eigenvalue weighted by Crippen LogP contribution is 2.52. The molecule has 2 aromatic carbocycles. The molecule has 1 aromatic heterocycles. The minimum Gasteiger partial charge on any atom is -0.346 e. The van der Waals surface area contributed by atoms with Crippen molar-refractivity contribution >= 4 is 34.7 Å². The molecular weight excluding hydrogens is 493 g/mol. The van der Waals surface area contributed by atoms with Gasteiger partial charge in [0.05, 0.1) is 29.3 Å². The number of carbonyl (C=O) groups is 1. The molecule has 0 spiro atoms. The summed E-state index contributed by atoms with van der Waals surface area (Å²) in [5, 5.41) is 1.12. The van der Waals surface area contributed by atoms with Gasteiger partial charge in [-0.05, 0) is 55.7 Å². The van der Waals surface area contributed by atoms with E-state index in [2.05, 4.69) is 16.4 Å². The van der Waals surface area contributed by atoms with Gasteiger partial charge in [0.2, 0.25) is 6.54 Å². The summed E-state index contributed by atoms with van der Waals surface area (Å²) in [6.07, 6.45) is 3.43. The summed E-state index contributed by atoms with van der Waals surface area (Å²) < 4.78 is 6.84. The third kappa shape index (κ3) is 4.30. The number of allylic oxidation sites excluding steroid dienone is 1. The van der Waals surface area contributed by atoms with Gasteiger partial charge in [0.1, 0.15) is 0 Å². The first-order chi connectivity index (χ1) is 17.3. The van der Waals surface area contributed by atoms with Crippen LogP contribution in [0.3, 0.4) is 0 Å². The summed E-state index contributed by atoms with van der Waals surface area (Å²) in [5.41, 5.74) is 3.17. The van der Waals surface area contributed by atoms with E-state index in [1.807, 2.05) is 43.3 Å². The first-order valence-corrected chi connectivity index (χ1v) is 12.5. The highest BCUT2D eigenvalue weighted by molar-refractivity contribution is 6.30. The Morgan fingerprint density at radius 1 is 1.14 bits per heavy atom. The lowest BCUT2D eigenvalue weighted by Crippen LogP contribution is -2.47. The molecule has 0 bridgehead atoms. The molecule has 182 valence electrons. The van der Waals surface area contributed by atoms with Gasteiger partial charge in [-0.25, -0.2) is 6.57 Å². The Kier molecular flexibility index (Phi) is 6.38. The lowest BCUT2D eigenvalue weighted by molar-refractivity contribution is -0.124. The SMILES string of the molecule is [C-]#[N+]CC1(COC2(c3ccc(Cl)cc3)c3ccc(C(=C)C)cc3C(=O)N2Cc2ccc(Cl)cn2)CC1. The molecule has 2 heterocycles. The van der Waals surface area contributed by atoms with Crippen LogP contribution in [-0.2, 0) is 17.0 Å². The Morgan fingerprint density at radius 2 is 1.86 bits per heavy atom. The molecule has 3 aromatic rings. The number of fused-ring (bicyclic) bond motifs is 1. The Bertz CT molecular complexity index is 1380. The average Bonchev–Trinajstić information content (AvgIpc) is 3.60. The number of nitrogens with zero attached hydrogens (tertiary/aromatic N) is 3. The van der Waals surface area contributed by atoms with Crippen LogP contribution in [-0.4, -0.2) is 28.9 Å². The standard InChI is InChI=1S/C29H25Cl2N3O2/c1-19(2)20-4-11-26-25(14-20)27(35)34(16-24-10-9-23(31)15-33-24)29(26,21-5-7-22(30)8-6-21)36-18-28(12-13-28)17-32-3/h4-11,14-15H,1,12-13,16-18H2,2H3. The van der Waals surface area contributed by atoms with Gasteiger partial charge in [-0.15, -0.1) is 0 Å². The van der Waals surface area contributed by atoms with Crippen LogP contribution >= 0.6 is 23.2 Å². The minimum atomic E-state index is -1.20. The second kappa shape index (κ2) is 9.37. The Hall–Kier alpha value is -3.17. The van der Waals surface area contributed by atoms with E-state index in [4.69, 9.17) is 34.5 Å². The molecule has 5 rings (SSSR count). The first-order valence-electron chi connectivity index (χ1n) is 11.7. The van der Waals surface area contributed by atoms with Crippen molar-refractivity contribution in [1.29, 1.82) is 0 Å². The van der Waals surface area contributed by atoms with Crippen molar-refractivity contribution in [3.05, 3.63) is 117 Å². The van der Waals surface area contributed by atoms with Crippen molar-refractivity contribution in [1.82, 2.24) is 9.88 Å². The lowest BCUT2D eigenvalue weighted by atomic mass is 9.91. The fourth-order valence-corrected chi connectivity index (χ4v) is 4.98. The topological polar surface area (TPSA) is 46.8 Å². The maximum atomic E-state index is 14.1. The summed E-state index contributed by atoms with van der Waals surface area (Å²) >= 11 is 12.3. The predicted octanol–water partition coefficient (Wildman–Crippen LogP) is 6.99. The van der Waals surface area contributed by atoms with Gasteiger partial charge in [-0.3, -0.25) is 14.7 Å². The summed E-state index contributed by atoms with van der Waals surface area (Å²) in [6.45, 7) is 14.3. The van der Waals surface area contributed by atoms with Crippen molar-refractivity contribution < 1.29 is 9.53 Å². The number of pyridine rings is 1. The second-order valence-corrected chi connectivity index (χ2v) is 10.5. The van der Waals surface area contributed by atoms with Gasteiger partial charge in [-0.1, -0.05) is 59.6 Å². The van der Waals surface area contributed by atoms with E-state index in [-0.39, 0.29) is 17.9 Å². The minimum absolute atomic E-state index is 0.158. The van der Waals surface area contributed by atoms with E-state index in [1.54, 1.807) is 29.3 Å². The number of ether oxygens (including phenoxy) is 1. The molecule has 1 unspecified atom stereocenters. The predicted molar refractivity (Wildman–Crippen MR) is 142 cm³/mol. The molecule has 0 N–H and O–H groups in total. The van der Waals surface area contributed by atoms with E-state index < -0.39 is 5.72 Å². The third-order valence-corrected chi connectivity index (χ3v) is 7.51. The van der Waals surface area contributed by atoms with Crippen LogP contribution in [0.1, 0.15) is 52.5 Å². The van der Waals surface area contributed by atoms with Gasteiger partial charge in [0, 0.05) is 27.9 Å². The molecule has 0 saturated heterocycles. The Morgan fingerprint density at radius 3 is 2.47 bits per heavy atom. The number of hydrogen-bond donors (Lipinski definition) is 0. The molecule has 1 aliphatic heterocycles. The van der Waals surface area contributed by atoms with Gasteiger partial charge in [0.15, 0.2) is 5.72 Å². The highest BCUT2D eigenvalue weighted by atomic mass is 35.5. The fraction of sp³-hybridized carbons (Fsp3) is 0.276. The van der Waals surface area contributed by atoms with Crippen molar-refractivity contribution in [2.24, 2.45) is 5.41 Å². The normalized spacial score (nSPS) is 19.6. The van der Waals surface area contributed by atoms with E-state index in [0.29, 0.717) is 34.5 Å². The zero-order valence-electron chi connectivity index (χ0n) is 19.9. The van der Waals surface area contributed by atoms with Crippen LogP contribution < -0.4 is 0 Å². The van der Waals surface area contributed by atoms with Crippen LogP contribution in [0.4, 0.5) is 0 Å².